The quantitative estimate of drug-likeness (QED) is 0.788. The summed E-state index contributed by atoms with van der Waals surface area (Å²) in [5, 5.41) is 9.03. The summed E-state index contributed by atoms with van der Waals surface area (Å²) in [4.78, 5) is 0.472. The molecule has 1 aliphatic carbocycles. The van der Waals surface area contributed by atoms with Crippen LogP contribution < -0.4 is 0 Å². The molecule has 2 heteroatoms. The average molecular weight is 241 g/mol. The Kier molecular flexibility index (Phi) is 2.43. The molecule has 0 saturated heterocycles. The first kappa shape index (κ1) is 9.22. The first-order valence-corrected chi connectivity index (χ1v) is 5.47. The van der Waals surface area contributed by atoms with E-state index in [9.17, 15) is 0 Å². The Morgan fingerprint density at radius 3 is 2.38 bits per heavy atom. The van der Waals surface area contributed by atoms with Crippen molar-refractivity contribution in [2.45, 2.75) is 17.7 Å². The minimum absolute atomic E-state index is 0.286. The van der Waals surface area contributed by atoms with E-state index in [2.05, 4.69) is 47.1 Å². The van der Waals surface area contributed by atoms with Crippen LogP contribution in [0.4, 0.5) is 0 Å². The highest BCUT2D eigenvalue weighted by molar-refractivity contribution is 9.09. The van der Waals surface area contributed by atoms with Gasteiger partial charge in [-0.05, 0) is 12.5 Å². The molecular weight excluding hydrogens is 228 g/mol. The van der Waals surface area contributed by atoms with Gasteiger partial charge in [0.15, 0.2) is 0 Å². The molecule has 1 aromatic carbocycles. The molecule has 1 aromatic rings. The molecule has 13 heavy (non-hydrogen) atoms. The molecule has 0 heterocycles. The maximum atomic E-state index is 9.03. The number of rotatable bonds is 2. The van der Waals surface area contributed by atoms with Crippen molar-refractivity contribution in [3.63, 3.8) is 0 Å². The summed E-state index contributed by atoms with van der Waals surface area (Å²) >= 11 is 3.57. The fraction of sp³-hybridized carbons (Fsp3) is 0.455. The molecule has 0 radical (unpaired) electrons. The van der Waals surface area contributed by atoms with Gasteiger partial charge in [0.2, 0.25) is 0 Å². The Labute approximate surface area is 86.9 Å². The normalized spacial score (nSPS) is 31.8. The number of hydrogen-bond donors (Lipinski definition) is 1. The van der Waals surface area contributed by atoms with Gasteiger partial charge in [-0.2, -0.15) is 0 Å². The lowest BCUT2D eigenvalue weighted by Crippen LogP contribution is -1.88. The molecular formula is C11H13BrO. The first-order valence-electron chi connectivity index (χ1n) is 4.55. The second-order valence-corrected chi connectivity index (χ2v) is 4.78. The van der Waals surface area contributed by atoms with Gasteiger partial charge in [-0.1, -0.05) is 45.8 Å². The van der Waals surface area contributed by atoms with Crippen molar-refractivity contribution >= 4 is 15.9 Å². The maximum Gasteiger partial charge on any atom is 0.0476 e. The predicted octanol–water partition coefficient (Wildman–Crippen LogP) is 2.46. The highest BCUT2D eigenvalue weighted by Crippen LogP contribution is 2.52. The number of hydrogen-bond acceptors (Lipinski definition) is 1. The molecule has 3 atom stereocenters. The van der Waals surface area contributed by atoms with Crippen LogP contribution in [0, 0.1) is 12.8 Å². The number of benzene rings is 1. The van der Waals surface area contributed by atoms with Crippen LogP contribution in [-0.4, -0.2) is 16.5 Å². The summed E-state index contributed by atoms with van der Waals surface area (Å²) in [7, 11) is 0. The van der Waals surface area contributed by atoms with E-state index in [0.29, 0.717) is 16.7 Å². The van der Waals surface area contributed by atoms with Crippen LogP contribution in [0.25, 0.3) is 0 Å². The van der Waals surface area contributed by atoms with Crippen molar-refractivity contribution in [3.8, 4) is 0 Å². The monoisotopic (exact) mass is 240 g/mol. The predicted molar refractivity (Wildman–Crippen MR) is 57.2 cm³/mol. The topological polar surface area (TPSA) is 20.2 Å². The van der Waals surface area contributed by atoms with E-state index in [1.165, 1.54) is 11.1 Å². The lowest BCUT2D eigenvalue weighted by Gasteiger charge is -1.98. The van der Waals surface area contributed by atoms with Gasteiger partial charge in [0.25, 0.3) is 0 Å². The van der Waals surface area contributed by atoms with Crippen LogP contribution >= 0.6 is 15.9 Å². The van der Waals surface area contributed by atoms with Crippen LogP contribution in [0.1, 0.15) is 17.0 Å². The van der Waals surface area contributed by atoms with Crippen molar-refractivity contribution in [2.24, 2.45) is 5.92 Å². The van der Waals surface area contributed by atoms with E-state index in [1.54, 1.807) is 0 Å². The second-order valence-electron chi connectivity index (χ2n) is 3.73. The average Bonchev–Trinajstić information content (AvgIpc) is 2.78. The Bertz CT molecular complexity index is 293. The Morgan fingerprint density at radius 1 is 1.31 bits per heavy atom. The van der Waals surface area contributed by atoms with Crippen molar-refractivity contribution in [1.82, 2.24) is 0 Å². The van der Waals surface area contributed by atoms with E-state index in [4.69, 9.17) is 5.11 Å². The number of aryl methyl sites for hydroxylation is 1. The molecule has 0 amide bonds. The lowest BCUT2D eigenvalue weighted by molar-refractivity contribution is 0.274. The molecule has 70 valence electrons. The van der Waals surface area contributed by atoms with Crippen molar-refractivity contribution in [1.29, 1.82) is 0 Å². The third kappa shape index (κ3) is 1.65. The van der Waals surface area contributed by atoms with Gasteiger partial charge >= 0.3 is 0 Å². The van der Waals surface area contributed by atoms with Crippen LogP contribution in [0.5, 0.6) is 0 Å². The largest absolute Gasteiger partial charge is 0.396 e. The molecule has 0 unspecified atom stereocenters. The van der Waals surface area contributed by atoms with Crippen LogP contribution in [0.15, 0.2) is 24.3 Å². The number of aliphatic hydroxyl groups is 1. The fourth-order valence-electron chi connectivity index (χ4n) is 1.77. The minimum Gasteiger partial charge on any atom is -0.396 e. The number of alkyl halides is 1. The van der Waals surface area contributed by atoms with E-state index in [-0.39, 0.29) is 6.61 Å². The van der Waals surface area contributed by atoms with E-state index < -0.39 is 0 Å². The van der Waals surface area contributed by atoms with Crippen molar-refractivity contribution in [2.75, 3.05) is 6.61 Å². The summed E-state index contributed by atoms with van der Waals surface area (Å²) in [6, 6.07) is 8.57. The molecule has 0 spiro atoms. The highest BCUT2D eigenvalue weighted by atomic mass is 79.9. The molecule has 1 nitrogen and oxygen atoms in total. The summed E-state index contributed by atoms with van der Waals surface area (Å²) < 4.78 is 0. The standard InChI is InChI=1S/C11H13BrO/c1-7-2-4-8(5-3-7)10-9(6-13)11(10)12/h2-5,9-11,13H,6H2,1H3/t9-,10-,11+/m1/s1. The summed E-state index contributed by atoms with van der Waals surface area (Å²) in [5.74, 6) is 0.938. The van der Waals surface area contributed by atoms with Gasteiger partial charge in [-0.25, -0.2) is 0 Å². The third-order valence-corrected chi connectivity index (χ3v) is 3.99. The van der Waals surface area contributed by atoms with Gasteiger partial charge in [0.1, 0.15) is 0 Å². The second kappa shape index (κ2) is 3.43. The van der Waals surface area contributed by atoms with E-state index in [1.807, 2.05) is 0 Å². The lowest BCUT2D eigenvalue weighted by atomic mass is 10.1. The minimum atomic E-state index is 0.286. The van der Waals surface area contributed by atoms with Gasteiger partial charge in [0, 0.05) is 23.3 Å². The zero-order valence-corrected chi connectivity index (χ0v) is 9.16. The van der Waals surface area contributed by atoms with Crippen LogP contribution in [0.2, 0.25) is 0 Å². The molecule has 2 rings (SSSR count). The van der Waals surface area contributed by atoms with Crippen LogP contribution in [-0.2, 0) is 0 Å². The third-order valence-electron chi connectivity index (χ3n) is 2.75. The van der Waals surface area contributed by atoms with Crippen LogP contribution in [0.3, 0.4) is 0 Å². The molecule has 0 aliphatic heterocycles. The highest BCUT2D eigenvalue weighted by Gasteiger charge is 2.48. The smallest absolute Gasteiger partial charge is 0.0476 e. The molecule has 0 bridgehead atoms. The van der Waals surface area contributed by atoms with Gasteiger partial charge < -0.3 is 5.11 Å². The van der Waals surface area contributed by atoms with Crippen molar-refractivity contribution < 1.29 is 5.11 Å². The van der Waals surface area contributed by atoms with Crippen molar-refractivity contribution in [3.05, 3.63) is 35.4 Å². The summed E-state index contributed by atoms with van der Waals surface area (Å²) in [6.45, 7) is 2.38. The first-order chi connectivity index (χ1) is 6.24. The maximum absolute atomic E-state index is 9.03. The SMILES string of the molecule is Cc1ccc([C@H]2[C@@H](Br)[C@@H]2CO)cc1. The van der Waals surface area contributed by atoms with Gasteiger partial charge in [-0.15, -0.1) is 0 Å². The summed E-state index contributed by atoms with van der Waals surface area (Å²) in [5.41, 5.74) is 2.63. The molecule has 1 N–H and O–H groups in total. The molecule has 1 saturated carbocycles. The fourth-order valence-corrected chi connectivity index (χ4v) is 2.78. The number of halogens is 1. The molecule has 1 fully saturated rings. The van der Waals surface area contributed by atoms with E-state index >= 15 is 0 Å². The van der Waals surface area contributed by atoms with Gasteiger partial charge in [-0.3, -0.25) is 0 Å². The summed E-state index contributed by atoms with van der Waals surface area (Å²) in [6.07, 6.45) is 0. The Morgan fingerprint density at radius 2 is 1.92 bits per heavy atom. The molecule has 0 aromatic heterocycles. The molecule has 1 aliphatic rings. The zero-order valence-electron chi connectivity index (χ0n) is 7.57. The zero-order chi connectivity index (χ0) is 9.42. The Hall–Kier alpha value is -0.340. The Balaban J connectivity index is 2.15. The van der Waals surface area contributed by atoms with E-state index in [0.717, 1.165) is 0 Å². The van der Waals surface area contributed by atoms with Gasteiger partial charge in [0.05, 0.1) is 0 Å². The number of aliphatic hydroxyl groups excluding tert-OH is 1.